The Morgan fingerprint density at radius 3 is 2.88 bits per heavy atom. The van der Waals surface area contributed by atoms with Crippen LogP contribution in [-0.4, -0.2) is 41.0 Å². The summed E-state index contributed by atoms with van der Waals surface area (Å²) < 4.78 is 5.32. The summed E-state index contributed by atoms with van der Waals surface area (Å²) >= 11 is 0. The van der Waals surface area contributed by atoms with Gasteiger partial charge in [0.2, 0.25) is 0 Å². The zero-order chi connectivity index (χ0) is 18.1. The van der Waals surface area contributed by atoms with E-state index in [-0.39, 0.29) is 18.6 Å². The number of likely N-dealkylation sites (tertiary alicyclic amines) is 1. The number of carbonyl (C=O) groups is 2. The van der Waals surface area contributed by atoms with Gasteiger partial charge in [-0.1, -0.05) is 0 Å². The normalized spacial score (nSPS) is 20.0. The van der Waals surface area contributed by atoms with Gasteiger partial charge in [0.05, 0.1) is 5.56 Å². The molecule has 2 aliphatic rings. The highest BCUT2D eigenvalue weighted by Crippen LogP contribution is 2.29. The van der Waals surface area contributed by atoms with Gasteiger partial charge in [0, 0.05) is 29.2 Å². The van der Waals surface area contributed by atoms with Crippen molar-refractivity contribution < 1.29 is 14.3 Å². The molecule has 1 amide bonds. The van der Waals surface area contributed by atoms with Crippen molar-refractivity contribution in [2.24, 2.45) is 0 Å². The van der Waals surface area contributed by atoms with Crippen LogP contribution in [0.3, 0.4) is 0 Å². The third-order valence-electron chi connectivity index (χ3n) is 5.78. The Morgan fingerprint density at radius 2 is 2.04 bits per heavy atom. The van der Waals surface area contributed by atoms with Crippen LogP contribution in [0.4, 0.5) is 0 Å². The van der Waals surface area contributed by atoms with Crippen LogP contribution in [0.1, 0.15) is 60.6 Å². The molecular weight excluding hydrogens is 328 g/mol. The van der Waals surface area contributed by atoms with Crippen LogP contribution in [0.2, 0.25) is 0 Å². The lowest BCUT2D eigenvalue weighted by molar-refractivity contribution is -0.137. The van der Waals surface area contributed by atoms with E-state index in [0.717, 1.165) is 49.6 Å². The molecule has 0 saturated carbocycles. The van der Waals surface area contributed by atoms with Crippen molar-refractivity contribution >= 4 is 22.8 Å². The molecular formula is C21H26N2O3. The smallest absolute Gasteiger partial charge is 0.338 e. The Bertz CT molecular complexity index is 839. The van der Waals surface area contributed by atoms with Gasteiger partial charge in [-0.3, -0.25) is 4.79 Å². The number of rotatable bonds is 3. The number of aromatic amines is 1. The van der Waals surface area contributed by atoms with E-state index in [1.54, 1.807) is 6.07 Å². The standard InChI is InChI=1S/C21H26N2O3/c1-14-6-4-5-11-23(14)20(24)13-26-21(25)15-9-10-19-17(12-15)16-7-2-3-8-18(16)22-19/h9-10,12,14,22H,2-8,11,13H2,1H3. The average molecular weight is 354 g/mol. The molecule has 1 aliphatic carbocycles. The fraction of sp³-hybridized carbons (Fsp3) is 0.524. The second-order valence-corrected chi connectivity index (χ2v) is 7.56. The number of hydrogen-bond donors (Lipinski definition) is 1. The Balaban J connectivity index is 1.45. The highest BCUT2D eigenvalue weighted by Gasteiger charge is 2.24. The fourth-order valence-corrected chi connectivity index (χ4v) is 4.30. The maximum Gasteiger partial charge on any atom is 0.338 e. The molecule has 1 aliphatic heterocycles. The summed E-state index contributed by atoms with van der Waals surface area (Å²) in [5.41, 5.74) is 4.22. The zero-order valence-corrected chi connectivity index (χ0v) is 15.3. The van der Waals surface area contributed by atoms with Crippen molar-refractivity contribution in [2.75, 3.05) is 13.2 Å². The summed E-state index contributed by atoms with van der Waals surface area (Å²) in [4.78, 5) is 30.1. The van der Waals surface area contributed by atoms with Crippen molar-refractivity contribution in [2.45, 2.75) is 57.9 Å². The number of benzene rings is 1. The number of amides is 1. The first kappa shape index (κ1) is 17.1. The van der Waals surface area contributed by atoms with E-state index in [1.165, 1.54) is 24.1 Å². The molecule has 2 heterocycles. The average Bonchev–Trinajstić information content (AvgIpc) is 3.04. The summed E-state index contributed by atoms with van der Waals surface area (Å²) in [5, 5.41) is 1.12. The molecule has 5 nitrogen and oxygen atoms in total. The number of aromatic nitrogens is 1. The number of esters is 1. The topological polar surface area (TPSA) is 62.4 Å². The Kier molecular flexibility index (Phi) is 4.70. The molecule has 1 unspecified atom stereocenters. The Hall–Kier alpha value is -2.30. The van der Waals surface area contributed by atoms with Crippen LogP contribution >= 0.6 is 0 Å². The molecule has 1 N–H and O–H groups in total. The molecule has 138 valence electrons. The van der Waals surface area contributed by atoms with Crippen molar-refractivity contribution in [3.8, 4) is 0 Å². The molecule has 1 aromatic carbocycles. The first-order valence-corrected chi connectivity index (χ1v) is 9.73. The van der Waals surface area contributed by atoms with Gasteiger partial charge in [-0.15, -0.1) is 0 Å². The lowest BCUT2D eigenvalue weighted by atomic mass is 9.95. The molecule has 0 radical (unpaired) electrons. The molecule has 1 atom stereocenters. The van der Waals surface area contributed by atoms with Gasteiger partial charge in [-0.05, 0) is 75.6 Å². The minimum absolute atomic E-state index is 0.0920. The highest BCUT2D eigenvalue weighted by molar-refractivity contribution is 5.97. The van der Waals surface area contributed by atoms with Gasteiger partial charge in [-0.2, -0.15) is 0 Å². The van der Waals surface area contributed by atoms with Crippen molar-refractivity contribution in [3.05, 3.63) is 35.0 Å². The van der Waals surface area contributed by atoms with Gasteiger partial charge in [0.25, 0.3) is 5.91 Å². The van der Waals surface area contributed by atoms with Crippen molar-refractivity contribution in [1.82, 2.24) is 9.88 Å². The maximum atomic E-state index is 12.4. The van der Waals surface area contributed by atoms with Crippen LogP contribution in [0.15, 0.2) is 18.2 Å². The number of ether oxygens (including phenoxy) is 1. The van der Waals surface area contributed by atoms with E-state index in [4.69, 9.17) is 4.74 Å². The summed E-state index contributed by atoms with van der Waals surface area (Å²) in [5.74, 6) is -0.513. The lowest BCUT2D eigenvalue weighted by Crippen LogP contribution is -2.44. The van der Waals surface area contributed by atoms with Crippen LogP contribution < -0.4 is 0 Å². The predicted octanol–water partition coefficient (Wildman–Crippen LogP) is 3.60. The molecule has 1 saturated heterocycles. The monoisotopic (exact) mass is 354 g/mol. The second-order valence-electron chi connectivity index (χ2n) is 7.56. The van der Waals surface area contributed by atoms with Crippen LogP contribution in [0, 0.1) is 0 Å². The van der Waals surface area contributed by atoms with E-state index < -0.39 is 5.97 Å². The largest absolute Gasteiger partial charge is 0.452 e. The second kappa shape index (κ2) is 7.14. The minimum Gasteiger partial charge on any atom is -0.452 e. The van der Waals surface area contributed by atoms with Crippen LogP contribution in [-0.2, 0) is 22.4 Å². The SMILES string of the molecule is CC1CCCCN1C(=O)COC(=O)c1ccc2[nH]c3c(c2c1)CCCC3. The number of H-pyrrole nitrogens is 1. The molecule has 4 rings (SSSR count). The maximum absolute atomic E-state index is 12.4. The fourth-order valence-electron chi connectivity index (χ4n) is 4.30. The van der Waals surface area contributed by atoms with Gasteiger partial charge in [0.1, 0.15) is 0 Å². The Morgan fingerprint density at radius 1 is 1.19 bits per heavy atom. The highest BCUT2D eigenvalue weighted by atomic mass is 16.5. The zero-order valence-electron chi connectivity index (χ0n) is 15.3. The van der Waals surface area contributed by atoms with Crippen molar-refractivity contribution in [3.63, 3.8) is 0 Å². The first-order chi connectivity index (χ1) is 12.6. The molecule has 0 spiro atoms. The number of piperidine rings is 1. The summed E-state index contributed by atoms with van der Waals surface area (Å²) in [6.07, 6.45) is 7.74. The molecule has 5 heteroatoms. The van der Waals surface area contributed by atoms with E-state index in [0.29, 0.717) is 5.56 Å². The van der Waals surface area contributed by atoms with Crippen molar-refractivity contribution in [1.29, 1.82) is 0 Å². The van der Waals surface area contributed by atoms with E-state index >= 15 is 0 Å². The van der Waals surface area contributed by atoms with Crippen LogP contribution in [0.5, 0.6) is 0 Å². The number of nitrogens with one attached hydrogen (secondary N) is 1. The number of nitrogens with zero attached hydrogens (tertiary/aromatic N) is 1. The van der Waals surface area contributed by atoms with Gasteiger partial charge < -0.3 is 14.6 Å². The molecule has 1 aromatic heterocycles. The summed E-state index contributed by atoms with van der Waals surface area (Å²) in [6, 6.07) is 5.86. The van der Waals surface area contributed by atoms with Gasteiger partial charge in [-0.25, -0.2) is 4.79 Å². The quantitative estimate of drug-likeness (QED) is 0.857. The first-order valence-electron chi connectivity index (χ1n) is 9.73. The number of carbonyl (C=O) groups excluding carboxylic acids is 2. The summed E-state index contributed by atoms with van der Waals surface area (Å²) in [6.45, 7) is 2.65. The van der Waals surface area contributed by atoms with E-state index in [9.17, 15) is 9.59 Å². The molecule has 26 heavy (non-hydrogen) atoms. The molecule has 0 bridgehead atoms. The molecule has 2 aromatic rings. The lowest BCUT2D eigenvalue weighted by Gasteiger charge is -2.33. The molecule has 1 fully saturated rings. The minimum atomic E-state index is -0.421. The van der Waals surface area contributed by atoms with Gasteiger partial charge in [0.15, 0.2) is 6.61 Å². The third-order valence-corrected chi connectivity index (χ3v) is 5.78. The van der Waals surface area contributed by atoms with E-state index in [2.05, 4.69) is 11.9 Å². The van der Waals surface area contributed by atoms with Gasteiger partial charge >= 0.3 is 5.97 Å². The number of fused-ring (bicyclic) bond motifs is 3. The Labute approximate surface area is 153 Å². The van der Waals surface area contributed by atoms with E-state index in [1.807, 2.05) is 17.0 Å². The number of hydrogen-bond acceptors (Lipinski definition) is 3. The third kappa shape index (κ3) is 3.22. The van der Waals surface area contributed by atoms with Crippen LogP contribution in [0.25, 0.3) is 10.9 Å². The number of aryl methyl sites for hydroxylation is 2. The predicted molar refractivity (Wildman–Crippen MR) is 100 cm³/mol. The summed E-state index contributed by atoms with van der Waals surface area (Å²) in [7, 11) is 0.